The topological polar surface area (TPSA) is 51.0 Å². The van der Waals surface area contributed by atoms with Crippen LogP contribution in [0.3, 0.4) is 0 Å². The van der Waals surface area contributed by atoms with Crippen LogP contribution in [0.4, 0.5) is 17.6 Å². The highest BCUT2D eigenvalue weighted by molar-refractivity contribution is 5.54. The Kier molecular flexibility index (Phi) is 3.76. The first-order valence-electron chi connectivity index (χ1n) is 5.70. The van der Waals surface area contributed by atoms with E-state index in [0.29, 0.717) is 6.07 Å². The molecular weight excluding hydrogens is 278 g/mol. The average Bonchev–Trinajstić information content (AvgIpc) is 2.86. The summed E-state index contributed by atoms with van der Waals surface area (Å²) >= 11 is 0. The lowest BCUT2D eigenvalue weighted by atomic mass is 10.1. The summed E-state index contributed by atoms with van der Waals surface area (Å²) in [5.41, 5.74) is -1.35. The van der Waals surface area contributed by atoms with Crippen LogP contribution in [-0.2, 0) is 6.18 Å². The molecule has 0 amide bonds. The zero-order valence-corrected chi connectivity index (χ0v) is 10.6. The minimum Gasteiger partial charge on any atom is -0.419 e. The summed E-state index contributed by atoms with van der Waals surface area (Å²) in [5, 5.41) is 10.2. The summed E-state index contributed by atoms with van der Waals surface area (Å²) in [4.78, 5) is 0. The highest BCUT2D eigenvalue weighted by Crippen LogP contribution is 2.34. The molecule has 2 aromatic rings. The maximum atomic E-state index is 13.2. The van der Waals surface area contributed by atoms with Crippen molar-refractivity contribution in [1.82, 2.24) is 15.5 Å². The van der Waals surface area contributed by atoms with Gasteiger partial charge in [0.15, 0.2) is 0 Å². The first-order chi connectivity index (χ1) is 9.32. The number of halogens is 4. The second kappa shape index (κ2) is 5.20. The predicted molar refractivity (Wildman–Crippen MR) is 62.2 cm³/mol. The third-order valence-electron chi connectivity index (χ3n) is 2.76. The third-order valence-corrected chi connectivity index (χ3v) is 2.76. The normalized spacial score (nSPS) is 13.5. The van der Waals surface area contributed by atoms with Crippen LogP contribution in [0.25, 0.3) is 11.5 Å². The Labute approximate surface area is 111 Å². The molecule has 108 valence electrons. The standard InChI is InChI=1S/C12H11F4N3O/c1-6(17-2)10-18-19-11(20-10)7-3-4-9(13)8(5-7)12(14,15)16/h3-6,17H,1-2H3. The molecule has 1 aromatic heterocycles. The predicted octanol–water partition coefficient (Wildman–Crippen LogP) is 3.17. The van der Waals surface area contributed by atoms with Crippen LogP contribution < -0.4 is 5.32 Å². The van der Waals surface area contributed by atoms with Crippen LogP contribution in [-0.4, -0.2) is 17.2 Å². The van der Waals surface area contributed by atoms with Gasteiger partial charge in [-0.15, -0.1) is 10.2 Å². The first-order valence-corrected chi connectivity index (χ1v) is 5.70. The van der Waals surface area contributed by atoms with E-state index in [4.69, 9.17) is 4.42 Å². The minimum atomic E-state index is -4.78. The van der Waals surface area contributed by atoms with Gasteiger partial charge in [-0.05, 0) is 32.2 Å². The smallest absolute Gasteiger partial charge is 0.419 e. The molecule has 0 bridgehead atoms. The largest absolute Gasteiger partial charge is 0.419 e. The van der Waals surface area contributed by atoms with Gasteiger partial charge in [0.1, 0.15) is 5.82 Å². The Morgan fingerprint density at radius 1 is 1.25 bits per heavy atom. The number of nitrogens with zero attached hydrogens (tertiary/aromatic N) is 2. The lowest BCUT2D eigenvalue weighted by Crippen LogP contribution is -2.12. The molecule has 0 aliphatic carbocycles. The summed E-state index contributed by atoms with van der Waals surface area (Å²) in [5.74, 6) is -1.20. The Balaban J connectivity index is 2.41. The van der Waals surface area contributed by atoms with Crippen molar-refractivity contribution >= 4 is 0 Å². The third kappa shape index (κ3) is 2.79. The Morgan fingerprint density at radius 3 is 2.55 bits per heavy atom. The van der Waals surface area contributed by atoms with Crippen LogP contribution in [0, 0.1) is 5.82 Å². The maximum Gasteiger partial charge on any atom is 0.419 e. The van der Waals surface area contributed by atoms with Crippen LogP contribution in [0.1, 0.15) is 24.4 Å². The van der Waals surface area contributed by atoms with Gasteiger partial charge >= 0.3 is 6.18 Å². The molecule has 20 heavy (non-hydrogen) atoms. The van der Waals surface area contributed by atoms with Crippen LogP contribution >= 0.6 is 0 Å². The fourth-order valence-corrected chi connectivity index (χ4v) is 1.53. The van der Waals surface area contributed by atoms with E-state index in [2.05, 4.69) is 15.5 Å². The van der Waals surface area contributed by atoms with Crippen LogP contribution in [0.2, 0.25) is 0 Å². The molecule has 0 spiro atoms. The summed E-state index contributed by atoms with van der Waals surface area (Å²) in [6, 6.07) is 2.30. The highest BCUT2D eigenvalue weighted by Gasteiger charge is 2.34. The number of hydrogen-bond acceptors (Lipinski definition) is 4. The molecule has 1 aromatic carbocycles. The molecule has 1 atom stereocenters. The second-order valence-corrected chi connectivity index (χ2v) is 4.15. The average molecular weight is 289 g/mol. The molecule has 1 heterocycles. The summed E-state index contributed by atoms with van der Waals surface area (Å²) in [6.07, 6.45) is -4.78. The van der Waals surface area contributed by atoms with E-state index in [0.717, 1.165) is 12.1 Å². The number of benzene rings is 1. The molecule has 0 fully saturated rings. The van der Waals surface area contributed by atoms with Gasteiger partial charge in [-0.3, -0.25) is 0 Å². The zero-order valence-electron chi connectivity index (χ0n) is 10.6. The molecule has 8 heteroatoms. The van der Waals surface area contributed by atoms with Crippen molar-refractivity contribution in [2.75, 3.05) is 7.05 Å². The number of hydrogen-bond donors (Lipinski definition) is 1. The maximum absolute atomic E-state index is 13.2. The highest BCUT2D eigenvalue weighted by atomic mass is 19.4. The molecule has 1 unspecified atom stereocenters. The fourth-order valence-electron chi connectivity index (χ4n) is 1.53. The van der Waals surface area contributed by atoms with Crippen molar-refractivity contribution < 1.29 is 22.0 Å². The van der Waals surface area contributed by atoms with Crippen molar-refractivity contribution in [3.05, 3.63) is 35.5 Å². The van der Waals surface area contributed by atoms with E-state index in [1.54, 1.807) is 14.0 Å². The molecule has 0 radical (unpaired) electrons. The lowest BCUT2D eigenvalue weighted by Gasteiger charge is -2.08. The van der Waals surface area contributed by atoms with Crippen molar-refractivity contribution in [1.29, 1.82) is 0 Å². The number of nitrogens with one attached hydrogen (secondary N) is 1. The quantitative estimate of drug-likeness (QED) is 0.882. The summed E-state index contributed by atoms with van der Waals surface area (Å²) < 4.78 is 56.3. The zero-order chi connectivity index (χ0) is 14.9. The monoisotopic (exact) mass is 289 g/mol. The van der Waals surface area contributed by atoms with E-state index in [9.17, 15) is 17.6 Å². The summed E-state index contributed by atoms with van der Waals surface area (Å²) in [6.45, 7) is 1.75. The van der Waals surface area contributed by atoms with Gasteiger partial charge < -0.3 is 9.73 Å². The molecule has 0 saturated carbocycles. The van der Waals surface area contributed by atoms with E-state index < -0.39 is 17.6 Å². The second-order valence-electron chi connectivity index (χ2n) is 4.15. The SMILES string of the molecule is CNC(C)c1nnc(-c2ccc(F)c(C(F)(F)F)c2)o1. The fraction of sp³-hybridized carbons (Fsp3) is 0.333. The van der Waals surface area contributed by atoms with Crippen molar-refractivity contribution in [2.24, 2.45) is 0 Å². The van der Waals surface area contributed by atoms with E-state index in [1.807, 2.05) is 0 Å². The van der Waals surface area contributed by atoms with Gasteiger partial charge in [-0.1, -0.05) is 0 Å². The van der Waals surface area contributed by atoms with E-state index in [1.165, 1.54) is 0 Å². The van der Waals surface area contributed by atoms with Gasteiger partial charge in [-0.2, -0.15) is 13.2 Å². The number of alkyl halides is 3. The summed E-state index contributed by atoms with van der Waals surface area (Å²) in [7, 11) is 1.67. The van der Waals surface area contributed by atoms with E-state index in [-0.39, 0.29) is 23.4 Å². The number of rotatable bonds is 3. The molecule has 0 aliphatic rings. The van der Waals surface area contributed by atoms with Gasteiger partial charge in [-0.25, -0.2) is 4.39 Å². The Bertz CT molecular complexity index is 609. The molecule has 1 N–H and O–H groups in total. The number of aromatic nitrogens is 2. The molecule has 4 nitrogen and oxygen atoms in total. The van der Waals surface area contributed by atoms with Gasteiger partial charge in [0.25, 0.3) is 0 Å². The molecular formula is C12H11F4N3O. The van der Waals surface area contributed by atoms with Crippen molar-refractivity contribution in [2.45, 2.75) is 19.1 Å². The van der Waals surface area contributed by atoms with Crippen molar-refractivity contribution in [3.8, 4) is 11.5 Å². The van der Waals surface area contributed by atoms with Gasteiger partial charge in [0, 0.05) is 5.56 Å². The van der Waals surface area contributed by atoms with Crippen molar-refractivity contribution in [3.63, 3.8) is 0 Å². The van der Waals surface area contributed by atoms with E-state index >= 15 is 0 Å². The first kappa shape index (κ1) is 14.4. The molecule has 0 aliphatic heterocycles. The Hall–Kier alpha value is -1.96. The van der Waals surface area contributed by atoms with Crippen LogP contribution in [0.5, 0.6) is 0 Å². The van der Waals surface area contributed by atoms with Gasteiger partial charge in [0.2, 0.25) is 11.8 Å². The van der Waals surface area contributed by atoms with Crippen LogP contribution in [0.15, 0.2) is 22.6 Å². The lowest BCUT2D eigenvalue weighted by molar-refractivity contribution is -0.139. The van der Waals surface area contributed by atoms with Gasteiger partial charge in [0.05, 0.1) is 11.6 Å². The minimum absolute atomic E-state index is 0.0146. The molecule has 0 saturated heterocycles. The molecule has 2 rings (SSSR count). The Morgan fingerprint density at radius 2 is 1.95 bits per heavy atom.